The zero-order valence-electron chi connectivity index (χ0n) is 8.57. The summed E-state index contributed by atoms with van der Waals surface area (Å²) < 4.78 is 37.0. The van der Waals surface area contributed by atoms with E-state index in [1.165, 1.54) is 0 Å². The molecule has 1 fully saturated rings. The average Bonchev–Trinajstić information content (AvgIpc) is 2.96. The Morgan fingerprint density at radius 3 is 2.53 bits per heavy atom. The second kappa shape index (κ2) is 4.13. The van der Waals surface area contributed by atoms with Crippen LogP contribution in [0.4, 0.5) is 18.3 Å². The Kier molecular flexibility index (Phi) is 2.94. The molecule has 2 rings (SSSR count). The molecule has 1 aromatic heterocycles. The highest BCUT2D eigenvalue weighted by Gasteiger charge is 2.41. The van der Waals surface area contributed by atoms with Gasteiger partial charge in [-0.3, -0.25) is 4.79 Å². The molecule has 1 amide bonds. The highest BCUT2D eigenvalue weighted by atomic mass is 32.1. The minimum Gasteiger partial charge on any atom is -0.374 e. The molecule has 0 atom stereocenters. The van der Waals surface area contributed by atoms with E-state index in [2.05, 4.69) is 10.2 Å². The number of halogens is 3. The molecule has 2 N–H and O–H groups in total. The lowest BCUT2D eigenvalue weighted by Crippen LogP contribution is -2.40. The Balaban J connectivity index is 2.13. The number of aromatic nitrogens is 2. The lowest BCUT2D eigenvalue weighted by molar-refractivity contribution is -0.141. The van der Waals surface area contributed by atoms with E-state index >= 15 is 0 Å². The Labute approximate surface area is 98.4 Å². The zero-order chi connectivity index (χ0) is 12.6. The Morgan fingerprint density at radius 1 is 1.47 bits per heavy atom. The predicted molar refractivity (Wildman–Crippen MR) is 54.4 cm³/mol. The normalized spacial score (nSPS) is 15.9. The van der Waals surface area contributed by atoms with E-state index in [4.69, 9.17) is 5.73 Å². The molecular weight excluding hydrogens is 257 g/mol. The molecule has 1 aliphatic rings. The van der Waals surface area contributed by atoms with E-state index in [-0.39, 0.29) is 16.2 Å². The topological polar surface area (TPSA) is 72.1 Å². The van der Waals surface area contributed by atoms with Crippen LogP contribution in [0, 0.1) is 0 Å². The van der Waals surface area contributed by atoms with Crippen LogP contribution in [0.3, 0.4) is 0 Å². The largest absolute Gasteiger partial charge is 0.406 e. The molecule has 0 unspecified atom stereocenters. The number of amides is 1. The van der Waals surface area contributed by atoms with Gasteiger partial charge in [-0.1, -0.05) is 11.3 Å². The molecular formula is C8H9F3N4OS. The van der Waals surface area contributed by atoms with Crippen LogP contribution in [0.15, 0.2) is 0 Å². The lowest BCUT2D eigenvalue weighted by atomic mass is 10.4. The summed E-state index contributed by atoms with van der Waals surface area (Å²) in [7, 11) is 0. The van der Waals surface area contributed by atoms with E-state index in [1.54, 1.807) is 0 Å². The molecule has 1 saturated carbocycles. The molecule has 0 radical (unpaired) electrons. The number of nitrogen functional groups attached to an aromatic ring is 1. The van der Waals surface area contributed by atoms with Crippen LogP contribution in [-0.4, -0.2) is 39.8 Å². The van der Waals surface area contributed by atoms with Crippen LogP contribution >= 0.6 is 11.3 Å². The number of carbonyl (C=O) groups is 1. The van der Waals surface area contributed by atoms with Crippen LogP contribution in [0.2, 0.25) is 0 Å². The molecule has 9 heteroatoms. The van der Waals surface area contributed by atoms with E-state index in [0.29, 0.717) is 12.8 Å². The van der Waals surface area contributed by atoms with Crippen molar-refractivity contribution in [3.05, 3.63) is 5.01 Å². The summed E-state index contributed by atoms with van der Waals surface area (Å²) >= 11 is 0.792. The Hall–Kier alpha value is -1.38. The highest BCUT2D eigenvalue weighted by molar-refractivity contribution is 7.16. The van der Waals surface area contributed by atoms with Crippen LogP contribution in [0.1, 0.15) is 22.6 Å². The van der Waals surface area contributed by atoms with E-state index < -0.39 is 18.6 Å². The van der Waals surface area contributed by atoms with Crippen molar-refractivity contribution in [2.75, 3.05) is 12.3 Å². The molecule has 17 heavy (non-hydrogen) atoms. The third-order valence-electron chi connectivity index (χ3n) is 2.22. The zero-order valence-corrected chi connectivity index (χ0v) is 9.38. The molecule has 1 aromatic rings. The fraction of sp³-hybridized carbons (Fsp3) is 0.625. The van der Waals surface area contributed by atoms with Crippen molar-refractivity contribution in [1.29, 1.82) is 0 Å². The third kappa shape index (κ3) is 3.05. The first kappa shape index (κ1) is 12.1. The molecule has 0 spiro atoms. The van der Waals surface area contributed by atoms with Gasteiger partial charge in [-0.15, -0.1) is 10.2 Å². The first-order chi connectivity index (χ1) is 7.87. The highest BCUT2D eigenvalue weighted by Crippen LogP contribution is 2.31. The van der Waals surface area contributed by atoms with Gasteiger partial charge in [0.1, 0.15) is 6.54 Å². The maximum absolute atomic E-state index is 12.3. The second-order valence-electron chi connectivity index (χ2n) is 3.72. The summed E-state index contributed by atoms with van der Waals surface area (Å²) in [6.07, 6.45) is -3.22. The van der Waals surface area contributed by atoms with Gasteiger partial charge in [-0.2, -0.15) is 13.2 Å². The number of nitrogens with zero attached hydrogens (tertiary/aromatic N) is 3. The van der Waals surface area contributed by atoms with Crippen LogP contribution in [0.5, 0.6) is 0 Å². The van der Waals surface area contributed by atoms with Gasteiger partial charge in [0.15, 0.2) is 0 Å². The fourth-order valence-corrected chi connectivity index (χ4v) is 1.96. The quantitative estimate of drug-likeness (QED) is 0.894. The maximum atomic E-state index is 12.3. The number of alkyl halides is 3. The minimum atomic E-state index is -4.41. The summed E-state index contributed by atoms with van der Waals surface area (Å²) in [6.45, 7) is -1.25. The van der Waals surface area contributed by atoms with Crippen molar-refractivity contribution < 1.29 is 18.0 Å². The number of anilines is 1. The Bertz CT molecular complexity index is 429. The monoisotopic (exact) mass is 266 g/mol. The summed E-state index contributed by atoms with van der Waals surface area (Å²) in [5, 5.41) is 6.84. The molecule has 1 aliphatic carbocycles. The molecule has 0 bridgehead atoms. The summed E-state index contributed by atoms with van der Waals surface area (Å²) in [4.78, 5) is 12.6. The molecule has 1 heterocycles. The van der Waals surface area contributed by atoms with Gasteiger partial charge in [0.05, 0.1) is 0 Å². The number of rotatable bonds is 3. The number of nitrogens with two attached hydrogens (primary N) is 1. The van der Waals surface area contributed by atoms with E-state index in [9.17, 15) is 18.0 Å². The summed E-state index contributed by atoms with van der Waals surface area (Å²) in [6, 6.07) is -0.339. The fourth-order valence-electron chi connectivity index (χ4n) is 1.39. The van der Waals surface area contributed by atoms with Crippen LogP contribution < -0.4 is 5.73 Å². The van der Waals surface area contributed by atoms with Crippen molar-refractivity contribution in [2.45, 2.75) is 25.1 Å². The molecule has 0 aliphatic heterocycles. The standard InChI is InChI=1S/C8H9F3N4OS/c9-8(10,11)3-15(4-1-2-4)6(16)5-13-14-7(12)17-5/h4H,1-3H2,(H2,12,14). The maximum Gasteiger partial charge on any atom is 0.406 e. The third-order valence-corrected chi connectivity index (χ3v) is 2.96. The molecule has 94 valence electrons. The smallest absolute Gasteiger partial charge is 0.374 e. The van der Waals surface area contributed by atoms with Gasteiger partial charge >= 0.3 is 6.18 Å². The first-order valence-corrected chi connectivity index (χ1v) is 5.65. The van der Waals surface area contributed by atoms with Crippen molar-refractivity contribution in [3.8, 4) is 0 Å². The van der Waals surface area contributed by atoms with Gasteiger partial charge in [0.25, 0.3) is 5.91 Å². The average molecular weight is 266 g/mol. The van der Waals surface area contributed by atoms with Crippen molar-refractivity contribution >= 4 is 22.4 Å². The van der Waals surface area contributed by atoms with Gasteiger partial charge in [0, 0.05) is 6.04 Å². The van der Waals surface area contributed by atoms with Crippen molar-refractivity contribution in [1.82, 2.24) is 15.1 Å². The van der Waals surface area contributed by atoms with Gasteiger partial charge < -0.3 is 10.6 Å². The van der Waals surface area contributed by atoms with Crippen LogP contribution in [0.25, 0.3) is 0 Å². The first-order valence-electron chi connectivity index (χ1n) is 4.83. The SMILES string of the molecule is Nc1nnc(C(=O)N(CC(F)(F)F)C2CC2)s1. The number of hydrogen-bond donors (Lipinski definition) is 1. The molecule has 5 nitrogen and oxygen atoms in total. The van der Waals surface area contributed by atoms with Crippen molar-refractivity contribution in [2.24, 2.45) is 0 Å². The summed E-state index contributed by atoms with van der Waals surface area (Å²) in [5.41, 5.74) is 5.29. The number of hydrogen-bond acceptors (Lipinski definition) is 5. The summed E-state index contributed by atoms with van der Waals surface area (Å²) in [5.74, 6) is -0.751. The lowest BCUT2D eigenvalue weighted by Gasteiger charge is -2.22. The van der Waals surface area contributed by atoms with E-state index in [0.717, 1.165) is 16.2 Å². The molecule has 0 saturated heterocycles. The minimum absolute atomic E-state index is 0.0658. The second-order valence-corrected chi connectivity index (χ2v) is 4.73. The van der Waals surface area contributed by atoms with Gasteiger partial charge in [0.2, 0.25) is 10.1 Å². The van der Waals surface area contributed by atoms with Gasteiger partial charge in [-0.25, -0.2) is 0 Å². The molecule has 0 aromatic carbocycles. The van der Waals surface area contributed by atoms with Gasteiger partial charge in [-0.05, 0) is 12.8 Å². The predicted octanol–water partition coefficient (Wildman–Crippen LogP) is 1.29. The number of carbonyl (C=O) groups excluding carboxylic acids is 1. The van der Waals surface area contributed by atoms with Crippen LogP contribution in [-0.2, 0) is 0 Å². The Morgan fingerprint density at radius 2 is 2.12 bits per heavy atom. The van der Waals surface area contributed by atoms with E-state index in [1.807, 2.05) is 0 Å². The van der Waals surface area contributed by atoms with Crippen molar-refractivity contribution in [3.63, 3.8) is 0 Å².